The average Bonchev–Trinajstić information content (AvgIpc) is 2.47. The minimum Gasteiger partial charge on any atom is -0.309 e. The van der Waals surface area contributed by atoms with Crippen molar-refractivity contribution in [2.24, 2.45) is 0 Å². The van der Waals surface area contributed by atoms with Crippen LogP contribution in [0, 0.1) is 5.82 Å². The van der Waals surface area contributed by atoms with Crippen molar-refractivity contribution in [2.45, 2.75) is 19.4 Å². The molecule has 112 valence electrons. The Morgan fingerprint density at radius 2 is 1.90 bits per heavy atom. The molecule has 0 bridgehead atoms. The zero-order chi connectivity index (χ0) is 14.4. The molecule has 3 nitrogen and oxygen atoms in total. The van der Waals surface area contributed by atoms with Gasteiger partial charge >= 0.3 is 0 Å². The molecule has 1 aromatic rings. The third-order valence-electron chi connectivity index (χ3n) is 4.10. The highest BCUT2D eigenvalue weighted by Gasteiger charge is 2.15. The van der Waals surface area contributed by atoms with Crippen LogP contribution >= 0.6 is 0 Å². The Bertz CT molecular complexity index is 402. The summed E-state index contributed by atoms with van der Waals surface area (Å²) < 4.78 is 13.8. The monoisotopic (exact) mass is 279 g/mol. The van der Waals surface area contributed by atoms with Crippen molar-refractivity contribution in [3.8, 4) is 0 Å². The second-order valence-corrected chi connectivity index (χ2v) is 5.58. The maximum absolute atomic E-state index is 13.8. The molecular formula is C16H26FN3. The van der Waals surface area contributed by atoms with Crippen LogP contribution in [0.15, 0.2) is 24.3 Å². The molecule has 0 amide bonds. The van der Waals surface area contributed by atoms with Crippen molar-refractivity contribution in [1.82, 2.24) is 15.1 Å². The van der Waals surface area contributed by atoms with Crippen molar-refractivity contribution in [3.63, 3.8) is 0 Å². The van der Waals surface area contributed by atoms with Gasteiger partial charge in [0.05, 0.1) is 0 Å². The van der Waals surface area contributed by atoms with Crippen molar-refractivity contribution in [1.29, 1.82) is 0 Å². The normalized spacial score (nSPS) is 19.1. The third-order valence-corrected chi connectivity index (χ3v) is 4.10. The van der Waals surface area contributed by atoms with Gasteiger partial charge in [-0.05, 0) is 19.5 Å². The summed E-state index contributed by atoms with van der Waals surface area (Å²) in [6.07, 6.45) is 0.906. The van der Waals surface area contributed by atoms with E-state index < -0.39 is 0 Å². The van der Waals surface area contributed by atoms with E-state index in [1.54, 1.807) is 12.1 Å². The predicted octanol–water partition coefficient (Wildman–Crippen LogP) is 2.11. The predicted molar refractivity (Wildman–Crippen MR) is 81.4 cm³/mol. The van der Waals surface area contributed by atoms with Crippen LogP contribution < -0.4 is 5.32 Å². The molecule has 1 heterocycles. The van der Waals surface area contributed by atoms with Crippen LogP contribution in [0.1, 0.15) is 24.9 Å². The van der Waals surface area contributed by atoms with Crippen LogP contribution in [-0.4, -0.2) is 56.1 Å². The average molecular weight is 279 g/mol. The lowest BCUT2D eigenvalue weighted by Gasteiger charge is -2.32. The summed E-state index contributed by atoms with van der Waals surface area (Å²) >= 11 is 0. The Balaban J connectivity index is 1.78. The minimum atomic E-state index is -0.105. The summed E-state index contributed by atoms with van der Waals surface area (Å²) in [4.78, 5) is 4.83. The second kappa shape index (κ2) is 7.72. The fourth-order valence-electron chi connectivity index (χ4n) is 2.70. The van der Waals surface area contributed by atoms with Crippen LogP contribution in [0.2, 0.25) is 0 Å². The van der Waals surface area contributed by atoms with Gasteiger partial charge in [-0.2, -0.15) is 0 Å². The Hall–Kier alpha value is -0.970. The minimum absolute atomic E-state index is 0.105. The lowest BCUT2D eigenvalue weighted by molar-refractivity contribution is 0.153. The molecule has 1 aliphatic heterocycles. The summed E-state index contributed by atoms with van der Waals surface area (Å²) in [5.74, 6) is -0.105. The fourth-order valence-corrected chi connectivity index (χ4v) is 2.70. The highest BCUT2D eigenvalue weighted by Crippen LogP contribution is 2.19. The van der Waals surface area contributed by atoms with Crippen molar-refractivity contribution in [3.05, 3.63) is 35.6 Å². The molecule has 20 heavy (non-hydrogen) atoms. The molecule has 2 rings (SSSR count). The Morgan fingerprint density at radius 1 is 1.20 bits per heavy atom. The highest BCUT2D eigenvalue weighted by molar-refractivity contribution is 5.21. The summed E-state index contributed by atoms with van der Waals surface area (Å²) in [6, 6.07) is 7.19. The number of hydrogen-bond donors (Lipinski definition) is 1. The zero-order valence-electron chi connectivity index (χ0n) is 12.6. The van der Waals surface area contributed by atoms with Crippen molar-refractivity contribution >= 4 is 0 Å². The number of nitrogens with one attached hydrogen (secondary N) is 1. The fraction of sp³-hybridized carbons (Fsp3) is 0.625. The highest BCUT2D eigenvalue weighted by atomic mass is 19.1. The van der Waals surface area contributed by atoms with Gasteiger partial charge in [0.25, 0.3) is 0 Å². The van der Waals surface area contributed by atoms with Gasteiger partial charge in [0, 0.05) is 50.9 Å². The van der Waals surface area contributed by atoms with Gasteiger partial charge in [-0.1, -0.05) is 25.1 Å². The topological polar surface area (TPSA) is 18.5 Å². The molecule has 0 radical (unpaired) electrons. The van der Waals surface area contributed by atoms with Gasteiger partial charge in [-0.3, -0.25) is 4.90 Å². The second-order valence-electron chi connectivity index (χ2n) is 5.58. The Morgan fingerprint density at radius 3 is 2.55 bits per heavy atom. The molecule has 1 fully saturated rings. The molecule has 0 aliphatic carbocycles. The Labute approximate surface area is 121 Å². The van der Waals surface area contributed by atoms with E-state index in [0.29, 0.717) is 0 Å². The molecule has 1 saturated heterocycles. The maximum Gasteiger partial charge on any atom is 0.127 e. The van der Waals surface area contributed by atoms with E-state index in [4.69, 9.17) is 0 Å². The summed E-state index contributed by atoms with van der Waals surface area (Å²) in [5.41, 5.74) is 0.786. The van der Waals surface area contributed by atoms with Crippen LogP contribution in [0.3, 0.4) is 0 Å². The first-order valence-electron chi connectivity index (χ1n) is 7.59. The van der Waals surface area contributed by atoms with Crippen molar-refractivity contribution < 1.29 is 4.39 Å². The van der Waals surface area contributed by atoms with Gasteiger partial charge in [-0.15, -0.1) is 0 Å². The molecule has 1 unspecified atom stereocenters. The van der Waals surface area contributed by atoms with E-state index in [9.17, 15) is 4.39 Å². The smallest absolute Gasteiger partial charge is 0.127 e. The summed E-state index contributed by atoms with van der Waals surface area (Å²) in [7, 11) is 2.17. The van der Waals surface area contributed by atoms with Crippen LogP contribution in [0.25, 0.3) is 0 Å². The summed E-state index contributed by atoms with van der Waals surface area (Å²) in [6.45, 7) is 8.60. The van der Waals surface area contributed by atoms with E-state index >= 15 is 0 Å². The van der Waals surface area contributed by atoms with E-state index in [0.717, 1.165) is 51.3 Å². The van der Waals surface area contributed by atoms with Gasteiger partial charge in [0.15, 0.2) is 0 Å². The number of hydrogen-bond acceptors (Lipinski definition) is 3. The molecule has 1 atom stereocenters. The molecule has 0 saturated carbocycles. The van der Waals surface area contributed by atoms with Gasteiger partial charge in [0.2, 0.25) is 0 Å². The van der Waals surface area contributed by atoms with Gasteiger partial charge < -0.3 is 10.2 Å². The molecule has 1 N–H and O–H groups in total. The largest absolute Gasteiger partial charge is 0.309 e. The quantitative estimate of drug-likeness (QED) is 0.860. The molecular weight excluding hydrogens is 253 g/mol. The first-order chi connectivity index (χ1) is 9.70. The summed E-state index contributed by atoms with van der Waals surface area (Å²) in [5, 5.41) is 3.49. The van der Waals surface area contributed by atoms with Gasteiger partial charge in [-0.25, -0.2) is 4.39 Å². The molecule has 1 aliphatic rings. The van der Waals surface area contributed by atoms with E-state index in [1.807, 2.05) is 12.1 Å². The first kappa shape index (κ1) is 15.4. The lowest BCUT2D eigenvalue weighted by atomic mass is 10.0. The SMILES string of the molecule is CCC(NCCN1CCN(C)CC1)c1ccccc1F. The number of halogens is 1. The van der Waals surface area contributed by atoms with Gasteiger partial charge in [0.1, 0.15) is 5.82 Å². The molecule has 0 aromatic heterocycles. The van der Waals surface area contributed by atoms with Crippen LogP contribution in [-0.2, 0) is 0 Å². The first-order valence-corrected chi connectivity index (χ1v) is 7.59. The standard InChI is InChI=1S/C16H26FN3/c1-3-16(14-6-4-5-7-15(14)17)18-8-9-20-12-10-19(2)11-13-20/h4-7,16,18H,3,8-13H2,1-2H3. The van der Waals surface area contributed by atoms with Crippen LogP contribution in [0.4, 0.5) is 4.39 Å². The zero-order valence-corrected chi connectivity index (χ0v) is 12.6. The number of benzene rings is 1. The van der Waals surface area contributed by atoms with Crippen LogP contribution in [0.5, 0.6) is 0 Å². The molecule has 1 aromatic carbocycles. The van der Waals surface area contributed by atoms with E-state index in [-0.39, 0.29) is 11.9 Å². The van der Waals surface area contributed by atoms with E-state index in [2.05, 4.69) is 29.1 Å². The van der Waals surface area contributed by atoms with E-state index in [1.165, 1.54) is 0 Å². The van der Waals surface area contributed by atoms with Crippen molar-refractivity contribution in [2.75, 3.05) is 46.3 Å². The number of likely N-dealkylation sites (N-methyl/N-ethyl adjacent to an activating group) is 1. The number of nitrogens with zero attached hydrogens (tertiary/aromatic N) is 2. The Kier molecular flexibility index (Phi) is 5.95. The number of rotatable bonds is 6. The third kappa shape index (κ3) is 4.27. The maximum atomic E-state index is 13.8. The lowest BCUT2D eigenvalue weighted by Crippen LogP contribution is -2.46. The number of piperazine rings is 1. The molecule has 0 spiro atoms. The molecule has 4 heteroatoms.